The fourth-order valence-electron chi connectivity index (χ4n) is 1.56. The molecule has 16 heavy (non-hydrogen) atoms. The lowest BCUT2D eigenvalue weighted by Crippen LogP contribution is -2.13. The molecule has 1 rings (SSSR count). The molecule has 0 spiro atoms. The standard InChI is InChI=1S/C11H13NO4/c1-2-3-6-4-5-7(10(13)14)8(9(6)12)11(15)16/h4-5H,2-3,12H2,1H3,(H,13,14)(H,15,16). The summed E-state index contributed by atoms with van der Waals surface area (Å²) in [5, 5.41) is 17.8. The second kappa shape index (κ2) is 4.65. The lowest BCUT2D eigenvalue weighted by atomic mass is 9.98. The van der Waals surface area contributed by atoms with Crippen LogP contribution in [-0.4, -0.2) is 22.2 Å². The van der Waals surface area contributed by atoms with Gasteiger partial charge in [0.05, 0.1) is 16.8 Å². The van der Waals surface area contributed by atoms with Gasteiger partial charge in [0.1, 0.15) is 0 Å². The van der Waals surface area contributed by atoms with Crippen molar-refractivity contribution in [2.24, 2.45) is 0 Å². The van der Waals surface area contributed by atoms with Crippen molar-refractivity contribution in [3.05, 3.63) is 28.8 Å². The molecule has 86 valence electrons. The first-order valence-corrected chi connectivity index (χ1v) is 4.87. The Labute approximate surface area is 92.5 Å². The summed E-state index contributed by atoms with van der Waals surface area (Å²) in [6.45, 7) is 1.94. The first kappa shape index (κ1) is 12.0. The summed E-state index contributed by atoms with van der Waals surface area (Å²) < 4.78 is 0. The molecule has 0 fully saturated rings. The Morgan fingerprint density at radius 2 is 1.88 bits per heavy atom. The molecule has 1 aromatic carbocycles. The third kappa shape index (κ3) is 2.13. The predicted octanol–water partition coefficient (Wildman–Crippen LogP) is 1.62. The van der Waals surface area contributed by atoms with Gasteiger partial charge in [0.25, 0.3) is 0 Å². The van der Waals surface area contributed by atoms with E-state index in [1.807, 2.05) is 6.92 Å². The fourth-order valence-corrected chi connectivity index (χ4v) is 1.56. The molecular weight excluding hydrogens is 210 g/mol. The second-order valence-electron chi connectivity index (χ2n) is 3.42. The minimum Gasteiger partial charge on any atom is -0.478 e. The zero-order chi connectivity index (χ0) is 12.3. The molecule has 0 aliphatic rings. The Morgan fingerprint density at radius 3 is 2.31 bits per heavy atom. The van der Waals surface area contributed by atoms with Gasteiger partial charge in [0.15, 0.2) is 0 Å². The first-order chi connectivity index (χ1) is 7.49. The molecule has 0 aromatic heterocycles. The van der Waals surface area contributed by atoms with Gasteiger partial charge in [0.2, 0.25) is 0 Å². The molecule has 4 N–H and O–H groups in total. The average molecular weight is 223 g/mol. The molecule has 0 heterocycles. The van der Waals surface area contributed by atoms with Crippen molar-refractivity contribution in [3.63, 3.8) is 0 Å². The normalized spacial score (nSPS) is 10.1. The Balaban J connectivity index is 3.41. The fraction of sp³-hybridized carbons (Fsp3) is 0.273. The topological polar surface area (TPSA) is 101 Å². The molecule has 0 saturated heterocycles. The van der Waals surface area contributed by atoms with Crippen LogP contribution in [-0.2, 0) is 6.42 Å². The highest BCUT2D eigenvalue weighted by molar-refractivity contribution is 6.05. The Hall–Kier alpha value is -2.04. The third-order valence-corrected chi connectivity index (χ3v) is 2.30. The Morgan fingerprint density at radius 1 is 1.25 bits per heavy atom. The molecule has 0 radical (unpaired) electrons. The number of hydrogen-bond acceptors (Lipinski definition) is 3. The maximum atomic E-state index is 11.0. The van der Waals surface area contributed by atoms with Gasteiger partial charge in [-0.2, -0.15) is 0 Å². The summed E-state index contributed by atoms with van der Waals surface area (Å²) in [5.74, 6) is -2.60. The lowest BCUT2D eigenvalue weighted by Gasteiger charge is -2.10. The van der Waals surface area contributed by atoms with Crippen molar-refractivity contribution >= 4 is 17.6 Å². The molecule has 0 bridgehead atoms. The summed E-state index contributed by atoms with van der Waals surface area (Å²) in [5.41, 5.74) is 5.79. The molecule has 0 amide bonds. The van der Waals surface area contributed by atoms with Crippen molar-refractivity contribution in [2.75, 3.05) is 5.73 Å². The molecule has 0 aliphatic heterocycles. The van der Waals surface area contributed by atoms with Crippen LogP contribution >= 0.6 is 0 Å². The number of carboxylic acid groups (broad SMARTS) is 2. The maximum Gasteiger partial charge on any atom is 0.338 e. The van der Waals surface area contributed by atoms with E-state index < -0.39 is 11.9 Å². The third-order valence-electron chi connectivity index (χ3n) is 2.30. The second-order valence-corrected chi connectivity index (χ2v) is 3.42. The number of rotatable bonds is 4. The quantitative estimate of drug-likeness (QED) is 0.673. The average Bonchev–Trinajstić information content (AvgIpc) is 2.20. The van der Waals surface area contributed by atoms with Gasteiger partial charge in [-0.05, 0) is 18.1 Å². The molecule has 0 unspecified atom stereocenters. The van der Waals surface area contributed by atoms with Gasteiger partial charge < -0.3 is 15.9 Å². The first-order valence-electron chi connectivity index (χ1n) is 4.87. The number of carbonyl (C=O) groups is 2. The molecule has 0 atom stereocenters. The van der Waals surface area contributed by atoms with Gasteiger partial charge in [-0.25, -0.2) is 9.59 Å². The number of nitrogens with two attached hydrogens (primary N) is 1. The highest BCUT2D eigenvalue weighted by atomic mass is 16.4. The van der Waals surface area contributed by atoms with E-state index in [2.05, 4.69) is 0 Å². The van der Waals surface area contributed by atoms with E-state index >= 15 is 0 Å². The summed E-state index contributed by atoms with van der Waals surface area (Å²) in [7, 11) is 0. The van der Waals surface area contributed by atoms with E-state index in [1.165, 1.54) is 6.07 Å². The van der Waals surface area contributed by atoms with Crippen LogP contribution in [0, 0.1) is 0 Å². The van der Waals surface area contributed by atoms with Crippen LogP contribution in [0.4, 0.5) is 5.69 Å². The largest absolute Gasteiger partial charge is 0.478 e. The van der Waals surface area contributed by atoms with Crippen molar-refractivity contribution in [2.45, 2.75) is 19.8 Å². The van der Waals surface area contributed by atoms with Crippen LogP contribution in [0.1, 0.15) is 39.6 Å². The number of nitrogen functional groups attached to an aromatic ring is 1. The molecule has 0 saturated carbocycles. The highest BCUT2D eigenvalue weighted by Gasteiger charge is 2.20. The van der Waals surface area contributed by atoms with Crippen LogP contribution < -0.4 is 5.73 Å². The van der Waals surface area contributed by atoms with E-state index in [-0.39, 0.29) is 16.8 Å². The molecule has 0 aliphatic carbocycles. The predicted molar refractivity (Wildman–Crippen MR) is 58.8 cm³/mol. The summed E-state index contributed by atoms with van der Waals surface area (Å²) in [6, 6.07) is 2.85. The maximum absolute atomic E-state index is 11.0. The van der Waals surface area contributed by atoms with E-state index in [4.69, 9.17) is 15.9 Å². The van der Waals surface area contributed by atoms with E-state index in [1.54, 1.807) is 6.07 Å². The molecular formula is C11H13NO4. The van der Waals surface area contributed by atoms with Crippen molar-refractivity contribution < 1.29 is 19.8 Å². The van der Waals surface area contributed by atoms with Crippen molar-refractivity contribution in [3.8, 4) is 0 Å². The molecule has 5 heteroatoms. The minimum atomic E-state index is -1.31. The number of anilines is 1. The van der Waals surface area contributed by atoms with E-state index in [9.17, 15) is 9.59 Å². The van der Waals surface area contributed by atoms with Crippen molar-refractivity contribution in [1.29, 1.82) is 0 Å². The van der Waals surface area contributed by atoms with Crippen LogP contribution in [0.5, 0.6) is 0 Å². The summed E-state index contributed by atoms with van der Waals surface area (Å²) >= 11 is 0. The Bertz CT molecular complexity index is 440. The van der Waals surface area contributed by atoms with Gasteiger partial charge in [0, 0.05) is 0 Å². The van der Waals surface area contributed by atoms with Gasteiger partial charge in [-0.1, -0.05) is 19.4 Å². The lowest BCUT2D eigenvalue weighted by molar-refractivity contribution is 0.0652. The zero-order valence-electron chi connectivity index (χ0n) is 8.86. The van der Waals surface area contributed by atoms with Crippen LogP contribution in [0.3, 0.4) is 0 Å². The number of benzene rings is 1. The molecule has 1 aromatic rings. The SMILES string of the molecule is CCCc1ccc(C(=O)O)c(C(=O)O)c1N. The Kier molecular flexibility index (Phi) is 3.50. The van der Waals surface area contributed by atoms with Crippen LogP contribution in [0.2, 0.25) is 0 Å². The van der Waals surface area contributed by atoms with E-state index in [0.717, 1.165) is 6.42 Å². The van der Waals surface area contributed by atoms with Crippen LogP contribution in [0.25, 0.3) is 0 Å². The number of aromatic carboxylic acids is 2. The van der Waals surface area contributed by atoms with Gasteiger partial charge in [-0.3, -0.25) is 0 Å². The van der Waals surface area contributed by atoms with Crippen molar-refractivity contribution in [1.82, 2.24) is 0 Å². The molecule has 5 nitrogen and oxygen atoms in total. The van der Waals surface area contributed by atoms with Crippen LogP contribution in [0.15, 0.2) is 12.1 Å². The monoisotopic (exact) mass is 223 g/mol. The van der Waals surface area contributed by atoms with Gasteiger partial charge in [-0.15, -0.1) is 0 Å². The number of carboxylic acids is 2. The minimum absolute atomic E-state index is 0.0502. The smallest absolute Gasteiger partial charge is 0.338 e. The highest BCUT2D eigenvalue weighted by Crippen LogP contribution is 2.23. The van der Waals surface area contributed by atoms with Gasteiger partial charge >= 0.3 is 11.9 Å². The summed E-state index contributed by atoms with van der Waals surface area (Å²) in [6.07, 6.45) is 1.45. The number of hydrogen-bond donors (Lipinski definition) is 3. The number of aryl methyl sites for hydroxylation is 1. The summed E-state index contributed by atoms with van der Waals surface area (Å²) in [4.78, 5) is 21.8. The zero-order valence-corrected chi connectivity index (χ0v) is 8.86. The van der Waals surface area contributed by atoms with E-state index in [0.29, 0.717) is 12.0 Å².